The first kappa shape index (κ1) is 15.6. The zero-order valence-corrected chi connectivity index (χ0v) is 13.6. The van der Waals surface area contributed by atoms with E-state index in [9.17, 15) is 0 Å². The largest absolute Gasteiger partial charge is 0.370 e. The molecule has 2 aromatic heterocycles. The van der Waals surface area contributed by atoms with Crippen molar-refractivity contribution in [3.05, 3.63) is 28.5 Å². The van der Waals surface area contributed by atoms with Gasteiger partial charge in [-0.1, -0.05) is 26.8 Å². The Kier molecular flexibility index (Phi) is 5.38. The molecule has 2 aromatic rings. The molecule has 0 aliphatic heterocycles. The lowest BCUT2D eigenvalue weighted by atomic mass is 10.0. The smallest absolute Gasteiger partial charge is 0.223 e. The third-order valence-corrected chi connectivity index (χ3v) is 4.07. The highest BCUT2D eigenvalue weighted by molar-refractivity contribution is 7.10. The van der Waals surface area contributed by atoms with Crippen molar-refractivity contribution in [1.82, 2.24) is 9.97 Å². The molecule has 114 valence electrons. The van der Waals surface area contributed by atoms with Gasteiger partial charge >= 0.3 is 0 Å². The van der Waals surface area contributed by atoms with Gasteiger partial charge in [0.15, 0.2) is 0 Å². The van der Waals surface area contributed by atoms with Crippen LogP contribution in [-0.4, -0.2) is 16.5 Å². The molecule has 4 N–H and O–H groups in total. The number of rotatable bonds is 7. The van der Waals surface area contributed by atoms with Gasteiger partial charge < -0.3 is 16.4 Å². The van der Waals surface area contributed by atoms with Crippen LogP contribution in [0.1, 0.15) is 38.1 Å². The van der Waals surface area contributed by atoms with Crippen molar-refractivity contribution >= 4 is 28.9 Å². The van der Waals surface area contributed by atoms with Crippen LogP contribution in [-0.2, 0) is 0 Å². The lowest BCUT2D eigenvalue weighted by Gasteiger charge is -2.22. The number of aromatic nitrogens is 2. The second-order valence-corrected chi connectivity index (χ2v) is 6.28. The van der Waals surface area contributed by atoms with Crippen molar-refractivity contribution in [3.8, 4) is 0 Å². The van der Waals surface area contributed by atoms with Gasteiger partial charge in [0.25, 0.3) is 0 Å². The summed E-state index contributed by atoms with van der Waals surface area (Å²) in [4.78, 5) is 9.80. The maximum absolute atomic E-state index is 5.80. The number of hydrogen-bond acceptors (Lipinski definition) is 6. The van der Waals surface area contributed by atoms with E-state index in [0.717, 1.165) is 24.6 Å². The quantitative estimate of drug-likeness (QED) is 0.726. The van der Waals surface area contributed by atoms with E-state index >= 15 is 0 Å². The fourth-order valence-electron chi connectivity index (χ4n) is 2.08. The van der Waals surface area contributed by atoms with Gasteiger partial charge in [0.2, 0.25) is 5.95 Å². The topological polar surface area (TPSA) is 75.9 Å². The van der Waals surface area contributed by atoms with Crippen LogP contribution in [0, 0.1) is 5.92 Å². The van der Waals surface area contributed by atoms with E-state index in [1.54, 1.807) is 11.3 Å². The predicted molar refractivity (Wildman–Crippen MR) is 90.7 cm³/mol. The SMILES string of the molecule is CCCNc1cc(NC(c2cccs2)C(C)C)nc(N)n1. The molecule has 0 bridgehead atoms. The van der Waals surface area contributed by atoms with Crippen molar-refractivity contribution in [1.29, 1.82) is 0 Å². The van der Waals surface area contributed by atoms with Crippen LogP contribution < -0.4 is 16.4 Å². The Morgan fingerprint density at radius 1 is 1.29 bits per heavy atom. The summed E-state index contributed by atoms with van der Waals surface area (Å²) in [6.45, 7) is 7.37. The van der Waals surface area contributed by atoms with E-state index < -0.39 is 0 Å². The summed E-state index contributed by atoms with van der Waals surface area (Å²) >= 11 is 1.75. The second-order valence-electron chi connectivity index (χ2n) is 5.30. The fourth-order valence-corrected chi connectivity index (χ4v) is 3.03. The number of nitrogen functional groups attached to an aromatic ring is 1. The molecule has 0 aliphatic carbocycles. The predicted octanol–water partition coefficient (Wildman–Crippen LogP) is 3.75. The Bertz CT molecular complexity index is 553. The van der Waals surface area contributed by atoms with E-state index in [1.165, 1.54) is 4.88 Å². The van der Waals surface area contributed by atoms with Gasteiger partial charge in [0.05, 0.1) is 6.04 Å². The Balaban J connectivity index is 2.18. The first-order chi connectivity index (χ1) is 10.1. The van der Waals surface area contributed by atoms with Crippen molar-refractivity contribution in [2.24, 2.45) is 5.92 Å². The minimum Gasteiger partial charge on any atom is -0.370 e. The van der Waals surface area contributed by atoms with E-state index in [1.807, 2.05) is 6.07 Å². The molecule has 6 heteroatoms. The van der Waals surface area contributed by atoms with Crippen LogP contribution in [0.25, 0.3) is 0 Å². The van der Waals surface area contributed by atoms with E-state index in [0.29, 0.717) is 5.92 Å². The van der Waals surface area contributed by atoms with Crippen molar-refractivity contribution < 1.29 is 0 Å². The highest BCUT2D eigenvalue weighted by Crippen LogP contribution is 2.29. The molecule has 0 fully saturated rings. The first-order valence-electron chi connectivity index (χ1n) is 7.28. The van der Waals surface area contributed by atoms with E-state index in [2.05, 4.69) is 58.9 Å². The van der Waals surface area contributed by atoms with Gasteiger partial charge in [-0.3, -0.25) is 0 Å². The summed E-state index contributed by atoms with van der Waals surface area (Å²) in [6.07, 6.45) is 1.04. The number of hydrogen-bond donors (Lipinski definition) is 3. The fraction of sp³-hybridized carbons (Fsp3) is 0.467. The Morgan fingerprint density at radius 2 is 2.05 bits per heavy atom. The van der Waals surface area contributed by atoms with Crippen LogP contribution in [0.15, 0.2) is 23.6 Å². The molecular weight excluding hydrogens is 282 g/mol. The molecule has 2 rings (SSSR count). The molecule has 21 heavy (non-hydrogen) atoms. The summed E-state index contributed by atoms with van der Waals surface area (Å²) in [6, 6.07) is 6.34. The van der Waals surface area contributed by atoms with Crippen LogP contribution in [0.5, 0.6) is 0 Å². The molecule has 1 unspecified atom stereocenters. The van der Waals surface area contributed by atoms with Gasteiger partial charge in [0, 0.05) is 17.5 Å². The van der Waals surface area contributed by atoms with Gasteiger partial charge in [0.1, 0.15) is 11.6 Å². The zero-order chi connectivity index (χ0) is 15.2. The molecule has 5 nitrogen and oxygen atoms in total. The van der Waals surface area contributed by atoms with Crippen molar-refractivity contribution in [3.63, 3.8) is 0 Å². The highest BCUT2D eigenvalue weighted by atomic mass is 32.1. The third kappa shape index (κ3) is 4.32. The Hall–Kier alpha value is -1.82. The molecule has 2 heterocycles. The molecule has 0 amide bonds. The molecule has 1 atom stereocenters. The van der Waals surface area contributed by atoms with Crippen molar-refractivity contribution in [2.45, 2.75) is 33.2 Å². The number of nitrogens with two attached hydrogens (primary N) is 1. The maximum Gasteiger partial charge on any atom is 0.223 e. The third-order valence-electron chi connectivity index (χ3n) is 3.12. The summed E-state index contributed by atoms with van der Waals surface area (Å²) in [5, 5.41) is 8.81. The maximum atomic E-state index is 5.80. The van der Waals surface area contributed by atoms with Crippen molar-refractivity contribution in [2.75, 3.05) is 22.9 Å². The van der Waals surface area contributed by atoms with Crippen LogP contribution >= 0.6 is 11.3 Å². The molecule has 0 aliphatic rings. The summed E-state index contributed by atoms with van der Waals surface area (Å²) < 4.78 is 0. The summed E-state index contributed by atoms with van der Waals surface area (Å²) in [5.41, 5.74) is 5.80. The molecule has 0 saturated heterocycles. The molecule has 0 saturated carbocycles. The summed E-state index contributed by atoms with van der Waals surface area (Å²) in [5.74, 6) is 2.26. The average molecular weight is 305 g/mol. The van der Waals surface area contributed by atoms with Crippen LogP contribution in [0.3, 0.4) is 0 Å². The standard InChI is InChI=1S/C15H23N5S/c1-4-7-17-12-9-13(20-15(16)19-12)18-14(10(2)3)11-6-5-8-21-11/h5-6,8-10,14H,4,7H2,1-3H3,(H4,16,17,18,19,20). The van der Waals surface area contributed by atoms with E-state index in [4.69, 9.17) is 5.73 Å². The van der Waals surface area contributed by atoms with Gasteiger partial charge in [-0.25, -0.2) is 0 Å². The lowest BCUT2D eigenvalue weighted by molar-refractivity contribution is 0.552. The highest BCUT2D eigenvalue weighted by Gasteiger charge is 2.17. The Labute approximate surface area is 130 Å². The van der Waals surface area contributed by atoms with Gasteiger partial charge in [-0.2, -0.15) is 9.97 Å². The van der Waals surface area contributed by atoms with E-state index in [-0.39, 0.29) is 12.0 Å². The average Bonchev–Trinajstić information content (AvgIpc) is 2.95. The minimum atomic E-state index is 0.221. The van der Waals surface area contributed by atoms with Crippen LogP contribution in [0.4, 0.5) is 17.6 Å². The molecule has 0 aromatic carbocycles. The minimum absolute atomic E-state index is 0.221. The lowest BCUT2D eigenvalue weighted by Crippen LogP contribution is -2.17. The number of nitrogens with one attached hydrogen (secondary N) is 2. The number of nitrogens with zero attached hydrogens (tertiary/aromatic N) is 2. The first-order valence-corrected chi connectivity index (χ1v) is 8.16. The zero-order valence-electron chi connectivity index (χ0n) is 12.8. The molecular formula is C15H23N5S. The van der Waals surface area contributed by atoms with Crippen LogP contribution in [0.2, 0.25) is 0 Å². The van der Waals surface area contributed by atoms with Gasteiger partial charge in [-0.05, 0) is 23.8 Å². The normalized spacial score (nSPS) is 12.4. The van der Waals surface area contributed by atoms with Gasteiger partial charge in [-0.15, -0.1) is 11.3 Å². The monoisotopic (exact) mass is 305 g/mol. The second kappa shape index (κ2) is 7.26. The number of anilines is 3. The molecule has 0 spiro atoms. The Morgan fingerprint density at radius 3 is 2.67 bits per heavy atom. The molecule has 0 radical (unpaired) electrons. The number of thiophene rings is 1. The summed E-state index contributed by atoms with van der Waals surface area (Å²) in [7, 11) is 0.